The summed E-state index contributed by atoms with van der Waals surface area (Å²) >= 11 is -1.85. The summed E-state index contributed by atoms with van der Waals surface area (Å²) in [5, 5.41) is 0.623. The molecule has 0 saturated carbocycles. The van der Waals surface area contributed by atoms with Crippen molar-refractivity contribution in [1.29, 1.82) is 0 Å². The molecule has 2 fully saturated rings. The maximum atomic E-state index is 3.18. The van der Waals surface area contributed by atoms with Crippen molar-refractivity contribution in [3.05, 3.63) is 0 Å². The molecule has 0 aliphatic carbocycles. The molecule has 0 aromatic heterocycles. The van der Waals surface area contributed by atoms with Crippen LogP contribution in [0.3, 0.4) is 0 Å². The third-order valence-electron chi connectivity index (χ3n) is 8.86. The predicted molar refractivity (Wildman–Crippen MR) is 172 cm³/mol. The van der Waals surface area contributed by atoms with E-state index in [4.69, 9.17) is 0 Å². The zero-order valence-electron chi connectivity index (χ0n) is 27.0. The van der Waals surface area contributed by atoms with Crippen LogP contribution in [0.15, 0.2) is 0 Å². The van der Waals surface area contributed by atoms with Crippen LogP contribution >= 0.6 is 0 Å². The molecule has 2 nitrogen and oxygen atoms in total. The molecule has 0 bridgehead atoms. The fraction of sp³-hybridized carbons (Fsp3) is 0.962. The van der Waals surface area contributed by atoms with Crippen LogP contribution < -0.4 is 0 Å². The second-order valence-corrected chi connectivity index (χ2v) is 39.6. The molecule has 2 rings (SSSR count). The Morgan fingerprint density at radius 1 is 0.618 bits per heavy atom. The van der Waals surface area contributed by atoms with Crippen LogP contribution in [0.25, 0.3) is 0 Å². The Labute approximate surface area is 224 Å². The Bertz CT molecular complexity index is 778. The van der Waals surface area contributed by atoms with Crippen molar-refractivity contribution in [2.24, 2.45) is 0 Å². The SMILES string of the molecule is CC(C)(C)B1[C](=[Ge]2[N](C(C)(C)C)[Si](C)(C)[N]2C(C)(C)C)B(C(C)(C)C)C1([Si](C)(C)C)[Si](C)(C)C. The molecule has 196 valence electrons. The summed E-state index contributed by atoms with van der Waals surface area (Å²) < 4.78 is 8.95. The Kier molecular flexibility index (Phi) is 7.43. The molecule has 0 radical (unpaired) electrons. The standard InChI is InChI=1S/C26H60B2GeN2Si3/c1-22(2,3)27-21(28(23(4,5)6)26(27,32(13,14)15)33(16,17)18)29-30(24(7,8)9)34(19,20)31(29)25(10,11)12/h1-20H3. The summed E-state index contributed by atoms with van der Waals surface area (Å²) in [4.78, 5) is 0. The molecule has 2 aliphatic heterocycles. The van der Waals surface area contributed by atoms with Gasteiger partial charge in [0.25, 0.3) is 0 Å². The van der Waals surface area contributed by atoms with E-state index in [1.165, 1.54) is 0 Å². The summed E-state index contributed by atoms with van der Waals surface area (Å²) in [5.74, 6) is 0. The van der Waals surface area contributed by atoms with Gasteiger partial charge in [0.2, 0.25) is 0 Å². The van der Waals surface area contributed by atoms with Gasteiger partial charge in [0.05, 0.1) is 0 Å². The van der Waals surface area contributed by atoms with Crippen LogP contribution in [-0.2, 0) is 0 Å². The van der Waals surface area contributed by atoms with E-state index in [1.807, 2.05) is 0 Å². The first-order valence-electron chi connectivity index (χ1n) is 13.8. The van der Waals surface area contributed by atoms with Gasteiger partial charge in [-0.05, 0) is 0 Å². The van der Waals surface area contributed by atoms with Gasteiger partial charge in [-0.3, -0.25) is 0 Å². The van der Waals surface area contributed by atoms with E-state index >= 15 is 0 Å². The van der Waals surface area contributed by atoms with E-state index in [0.29, 0.717) is 15.1 Å². The molecular formula is C26H60B2GeN2Si3. The molecule has 0 aromatic rings. The van der Waals surface area contributed by atoms with Gasteiger partial charge in [-0.25, -0.2) is 0 Å². The minimum atomic E-state index is -1.85. The first kappa shape index (κ1) is 31.0. The first-order valence-corrected chi connectivity index (χ1v) is 26.6. The van der Waals surface area contributed by atoms with Crippen molar-refractivity contribution in [3.8, 4) is 0 Å². The molecule has 0 unspecified atom stereocenters. The van der Waals surface area contributed by atoms with Gasteiger partial charge in [0.1, 0.15) is 0 Å². The topological polar surface area (TPSA) is 6.48 Å². The van der Waals surface area contributed by atoms with Gasteiger partial charge in [-0.15, -0.1) is 0 Å². The molecule has 2 heterocycles. The Balaban J connectivity index is 3.14. The zero-order valence-corrected chi connectivity index (χ0v) is 32.1. The quantitative estimate of drug-likeness (QED) is 0.308. The molecule has 2 saturated heterocycles. The molecule has 34 heavy (non-hydrogen) atoms. The Hall–Kier alpha value is 0.793. The Morgan fingerprint density at radius 2 is 0.882 bits per heavy atom. The van der Waals surface area contributed by atoms with Gasteiger partial charge >= 0.3 is 225 Å². The van der Waals surface area contributed by atoms with Crippen molar-refractivity contribution in [3.63, 3.8) is 0 Å². The van der Waals surface area contributed by atoms with Crippen molar-refractivity contribution < 1.29 is 0 Å². The number of rotatable bonds is 2. The Morgan fingerprint density at radius 3 is 1.06 bits per heavy atom. The normalized spacial score (nSPS) is 22.2. The molecule has 8 heteroatoms. The average Bonchev–Trinajstić information content (AvgIpc) is 2.33. The number of hydrogen-bond acceptors (Lipinski definition) is 2. The average molecular weight is 579 g/mol. The van der Waals surface area contributed by atoms with Gasteiger partial charge in [-0.2, -0.15) is 0 Å². The molecule has 2 aliphatic rings. The fourth-order valence-corrected chi connectivity index (χ4v) is 46.9. The number of nitrogens with zero attached hydrogens (tertiary/aromatic N) is 2. The van der Waals surface area contributed by atoms with E-state index in [1.54, 1.807) is 0 Å². The van der Waals surface area contributed by atoms with Crippen molar-refractivity contribution in [2.45, 2.75) is 162 Å². The second kappa shape index (κ2) is 8.15. The van der Waals surface area contributed by atoms with E-state index in [9.17, 15) is 0 Å². The van der Waals surface area contributed by atoms with Crippen LogP contribution in [0, 0.1) is 0 Å². The predicted octanol–water partition coefficient (Wildman–Crippen LogP) is 7.86. The van der Waals surface area contributed by atoms with Gasteiger partial charge in [0.15, 0.2) is 0 Å². The molecule has 0 N–H and O–H groups in total. The first-order chi connectivity index (χ1) is 14.5. The summed E-state index contributed by atoms with van der Waals surface area (Å²) in [6.07, 6.45) is 0. The van der Waals surface area contributed by atoms with Gasteiger partial charge in [0, 0.05) is 0 Å². The summed E-state index contributed by atoms with van der Waals surface area (Å²) in [6.45, 7) is 53.8. The third kappa shape index (κ3) is 4.40. The van der Waals surface area contributed by atoms with Crippen LogP contribution in [0.4, 0.5) is 0 Å². The van der Waals surface area contributed by atoms with E-state index in [0.717, 1.165) is 13.4 Å². The third-order valence-corrected chi connectivity index (χ3v) is 39.0. The van der Waals surface area contributed by atoms with Crippen molar-refractivity contribution >= 4 is 56.5 Å². The molecule has 0 spiro atoms. The monoisotopic (exact) mass is 580 g/mol. The van der Waals surface area contributed by atoms with Gasteiger partial charge < -0.3 is 0 Å². The second-order valence-electron chi connectivity index (χ2n) is 18.3. The van der Waals surface area contributed by atoms with Crippen LogP contribution in [-0.4, -0.2) is 74.6 Å². The summed E-state index contributed by atoms with van der Waals surface area (Å²) in [6, 6.07) is 0. The van der Waals surface area contributed by atoms with Crippen molar-refractivity contribution in [1.82, 2.24) is 7.05 Å². The van der Waals surface area contributed by atoms with E-state index in [2.05, 4.69) is 147 Å². The van der Waals surface area contributed by atoms with Crippen LogP contribution in [0.5, 0.6) is 0 Å². The van der Waals surface area contributed by atoms with E-state index in [-0.39, 0.29) is 11.1 Å². The number of hydrogen-bond donors (Lipinski definition) is 0. The van der Waals surface area contributed by atoms with Crippen LogP contribution in [0.2, 0.25) is 67.5 Å². The molecular weight excluding hydrogens is 519 g/mol. The summed E-state index contributed by atoms with van der Waals surface area (Å²) in [7, 11) is -4.68. The molecule has 0 atom stereocenters. The maximum absolute atomic E-state index is 3.18. The van der Waals surface area contributed by atoms with Gasteiger partial charge in [-0.1, -0.05) is 0 Å². The zero-order chi connectivity index (χ0) is 27.5. The molecule has 0 aromatic carbocycles. The van der Waals surface area contributed by atoms with E-state index < -0.39 is 38.9 Å². The summed E-state index contributed by atoms with van der Waals surface area (Å²) in [5.41, 5.74) is 0.502. The van der Waals surface area contributed by atoms with Crippen LogP contribution in [0.1, 0.15) is 83.1 Å². The fourth-order valence-electron chi connectivity index (χ4n) is 9.35. The van der Waals surface area contributed by atoms with Crippen molar-refractivity contribution in [2.75, 3.05) is 0 Å². The minimum absolute atomic E-state index is 0.251. The molecule has 0 amide bonds.